The molecule has 40 heavy (non-hydrogen) atoms. The molecule has 1 N–H and O–H groups in total. The van der Waals surface area contributed by atoms with Crippen LogP contribution in [-0.2, 0) is 32.6 Å². The van der Waals surface area contributed by atoms with Gasteiger partial charge < -0.3 is 15.0 Å². The molecule has 0 aromatic heterocycles. The molecule has 0 heterocycles. The maximum Gasteiger partial charge on any atom is 0.242 e. The van der Waals surface area contributed by atoms with Crippen LogP contribution in [0.3, 0.4) is 0 Å². The van der Waals surface area contributed by atoms with E-state index < -0.39 is 16.1 Å². The first-order valence-electron chi connectivity index (χ1n) is 13.0. The van der Waals surface area contributed by atoms with Crippen LogP contribution in [0.25, 0.3) is 0 Å². The Morgan fingerprint density at radius 3 is 2.30 bits per heavy atom. The largest absolute Gasteiger partial charge is 0.495 e. The molecule has 0 aliphatic heterocycles. The van der Waals surface area contributed by atoms with E-state index in [0.717, 1.165) is 22.9 Å². The summed E-state index contributed by atoms with van der Waals surface area (Å²) >= 11 is 6.24. The molecule has 0 aliphatic rings. The van der Waals surface area contributed by atoms with Gasteiger partial charge in [-0.25, -0.2) is 8.42 Å². The number of methoxy groups -OCH3 is 1. The number of sulfonamides is 1. The maximum absolute atomic E-state index is 13.8. The minimum Gasteiger partial charge on any atom is -0.495 e. The molecular formula is C30H36ClN3O5S. The number of amides is 2. The molecular weight excluding hydrogens is 550 g/mol. The van der Waals surface area contributed by atoms with E-state index in [1.165, 1.54) is 17.5 Å². The van der Waals surface area contributed by atoms with Crippen LogP contribution < -0.4 is 14.4 Å². The lowest BCUT2D eigenvalue weighted by Crippen LogP contribution is -2.50. The van der Waals surface area contributed by atoms with Crippen LogP contribution in [0.2, 0.25) is 5.02 Å². The van der Waals surface area contributed by atoms with Crippen LogP contribution in [-0.4, -0.2) is 58.1 Å². The highest BCUT2D eigenvalue weighted by Crippen LogP contribution is 2.30. The standard InChI is InChI=1S/C30H36ClN3O5S/c1-22-11-8-9-14-24(22)21-33(27(30(36)32-2)19-23-12-6-5-7-13-23)29(35)15-10-18-34(40(4,37)38)25-16-17-28(39-3)26(31)20-25/h5-9,11-14,16-17,20,27H,10,15,18-19,21H2,1-4H3,(H,32,36)/t27-/m0/s1. The molecule has 0 radical (unpaired) electrons. The van der Waals surface area contributed by atoms with E-state index in [0.29, 0.717) is 17.9 Å². The van der Waals surface area contributed by atoms with Crippen molar-refractivity contribution in [1.29, 1.82) is 0 Å². The molecule has 0 fully saturated rings. The highest BCUT2D eigenvalue weighted by atomic mass is 35.5. The van der Waals surface area contributed by atoms with Gasteiger partial charge in [0.2, 0.25) is 21.8 Å². The van der Waals surface area contributed by atoms with Crippen LogP contribution in [0.15, 0.2) is 72.8 Å². The Labute approximate surface area is 241 Å². The van der Waals surface area contributed by atoms with Crippen molar-refractivity contribution in [3.63, 3.8) is 0 Å². The lowest BCUT2D eigenvalue weighted by Gasteiger charge is -2.32. The lowest BCUT2D eigenvalue weighted by atomic mass is 10.0. The highest BCUT2D eigenvalue weighted by Gasteiger charge is 2.30. The normalized spacial score (nSPS) is 11.9. The average molecular weight is 586 g/mol. The van der Waals surface area contributed by atoms with E-state index in [9.17, 15) is 18.0 Å². The molecule has 0 spiro atoms. The summed E-state index contributed by atoms with van der Waals surface area (Å²) in [4.78, 5) is 28.5. The molecule has 3 aromatic carbocycles. The van der Waals surface area contributed by atoms with E-state index in [4.69, 9.17) is 16.3 Å². The van der Waals surface area contributed by atoms with Crippen molar-refractivity contribution >= 4 is 39.1 Å². The van der Waals surface area contributed by atoms with E-state index in [-0.39, 0.29) is 42.8 Å². The van der Waals surface area contributed by atoms with E-state index in [1.54, 1.807) is 24.1 Å². The first kappa shape index (κ1) is 31.0. The summed E-state index contributed by atoms with van der Waals surface area (Å²) in [6.45, 7) is 2.28. The zero-order chi connectivity index (χ0) is 29.3. The highest BCUT2D eigenvalue weighted by molar-refractivity contribution is 7.92. The SMILES string of the molecule is CNC(=O)[C@H](Cc1ccccc1)N(Cc1ccccc1C)C(=O)CCCN(c1ccc(OC)c(Cl)c1)S(C)(=O)=O. The molecule has 8 nitrogen and oxygen atoms in total. The summed E-state index contributed by atoms with van der Waals surface area (Å²) in [5.41, 5.74) is 3.25. The average Bonchev–Trinajstić information content (AvgIpc) is 2.93. The zero-order valence-corrected chi connectivity index (χ0v) is 24.8. The fourth-order valence-corrected chi connectivity index (χ4v) is 5.72. The molecule has 0 saturated heterocycles. The van der Waals surface area contributed by atoms with Crippen molar-refractivity contribution in [3.8, 4) is 5.75 Å². The van der Waals surface area contributed by atoms with Crippen LogP contribution in [0.4, 0.5) is 5.69 Å². The number of hydrogen-bond acceptors (Lipinski definition) is 5. The minimum atomic E-state index is -3.66. The first-order chi connectivity index (χ1) is 19.0. The second kappa shape index (κ2) is 14.2. The Morgan fingerprint density at radius 1 is 1.02 bits per heavy atom. The van der Waals surface area contributed by atoms with Crippen molar-refractivity contribution in [3.05, 3.63) is 94.5 Å². The number of nitrogens with one attached hydrogen (secondary N) is 1. The summed E-state index contributed by atoms with van der Waals surface area (Å²) in [5, 5.41) is 2.99. The quantitative estimate of drug-likeness (QED) is 0.317. The number of hydrogen-bond donors (Lipinski definition) is 1. The van der Waals surface area contributed by atoms with Gasteiger partial charge in [-0.05, 0) is 48.2 Å². The Hall–Kier alpha value is -3.56. The van der Waals surface area contributed by atoms with Crippen molar-refractivity contribution in [2.45, 2.75) is 38.8 Å². The number of carbonyl (C=O) groups excluding carboxylic acids is 2. The summed E-state index contributed by atoms with van der Waals surface area (Å²) in [7, 11) is -0.620. The Morgan fingerprint density at radius 2 is 1.70 bits per heavy atom. The predicted molar refractivity (Wildman–Crippen MR) is 159 cm³/mol. The number of halogens is 1. The van der Waals surface area contributed by atoms with Gasteiger partial charge in [0.1, 0.15) is 11.8 Å². The van der Waals surface area contributed by atoms with Crippen LogP contribution in [0.1, 0.15) is 29.5 Å². The summed E-state index contributed by atoms with van der Waals surface area (Å²) in [6.07, 6.45) is 1.74. The summed E-state index contributed by atoms with van der Waals surface area (Å²) < 4.78 is 31.6. The molecule has 0 saturated carbocycles. The van der Waals surface area contributed by atoms with Gasteiger partial charge >= 0.3 is 0 Å². The number of carbonyl (C=O) groups is 2. The summed E-state index contributed by atoms with van der Waals surface area (Å²) in [6, 6.07) is 21.3. The molecule has 3 aromatic rings. The van der Waals surface area contributed by atoms with Crippen LogP contribution >= 0.6 is 11.6 Å². The summed E-state index contributed by atoms with van der Waals surface area (Å²) in [5.74, 6) is -0.0787. The second-order valence-corrected chi connectivity index (χ2v) is 11.8. The Kier molecular flexibility index (Phi) is 11.0. The fourth-order valence-electron chi connectivity index (χ4n) is 4.51. The van der Waals surface area contributed by atoms with Crippen molar-refractivity contribution in [2.24, 2.45) is 0 Å². The van der Waals surface area contributed by atoms with Gasteiger partial charge in [0.15, 0.2) is 0 Å². The van der Waals surface area contributed by atoms with Gasteiger partial charge in [-0.15, -0.1) is 0 Å². The van der Waals surface area contributed by atoms with Gasteiger partial charge in [-0.3, -0.25) is 13.9 Å². The zero-order valence-electron chi connectivity index (χ0n) is 23.3. The number of benzene rings is 3. The van der Waals surface area contributed by atoms with Gasteiger partial charge in [0.25, 0.3) is 0 Å². The maximum atomic E-state index is 13.8. The number of likely N-dealkylation sites (N-methyl/N-ethyl adjacent to an activating group) is 1. The molecule has 0 unspecified atom stereocenters. The van der Waals surface area contributed by atoms with E-state index in [2.05, 4.69) is 5.32 Å². The molecule has 0 aliphatic carbocycles. The van der Waals surface area contributed by atoms with Crippen molar-refractivity contribution < 1.29 is 22.7 Å². The second-order valence-electron chi connectivity index (χ2n) is 9.53. The van der Waals surface area contributed by atoms with E-state index >= 15 is 0 Å². The topological polar surface area (TPSA) is 96.0 Å². The molecule has 2 amide bonds. The minimum absolute atomic E-state index is 0.0457. The Balaban J connectivity index is 1.86. The number of aryl methyl sites for hydroxylation is 1. The van der Waals surface area contributed by atoms with Gasteiger partial charge in [-0.1, -0.05) is 66.2 Å². The lowest BCUT2D eigenvalue weighted by molar-refractivity contribution is -0.141. The first-order valence-corrected chi connectivity index (χ1v) is 15.2. The predicted octanol–water partition coefficient (Wildman–Crippen LogP) is 4.59. The number of ether oxygens (including phenoxy) is 1. The van der Waals surface area contributed by atoms with E-state index in [1.807, 2.05) is 61.5 Å². The third kappa shape index (κ3) is 8.22. The Bertz CT molecular complexity index is 1420. The molecule has 10 heteroatoms. The van der Waals surface area contributed by atoms with Crippen LogP contribution in [0.5, 0.6) is 5.75 Å². The smallest absolute Gasteiger partial charge is 0.242 e. The van der Waals surface area contributed by atoms with Crippen LogP contribution in [0, 0.1) is 6.92 Å². The third-order valence-electron chi connectivity index (χ3n) is 6.69. The number of anilines is 1. The van der Waals surface area contributed by atoms with Gasteiger partial charge in [-0.2, -0.15) is 0 Å². The monoisotopic (exact) mass is 585 g/mol. The number of nitrogens with zero attached hydrogens (tertiary/aromatic N) is 2. The van der Waals surface area contributed by atoms with Gasteiger partial charge in [0, 0.05) is 33.0 Å². The molecule has 0 bridgehead atoms. The number of rotatable bonds is 13. The van der Waals surface area contributed by atoms with Crippen molar-refractivity contribution in [1.82, 2.24) is 10.2 Å². The fraction of sp³-hybridized carbons (Fsp3) is 0.333. The third-order valence-corrected chi connectivity index (χ3v) is 8.18. The van der Waals surface area contributed by atoms with Crippen molar-refractivity contribution in [2.75, 3.05) is 31.3 Å². The molecule has 1 atom stereocenters. The van der Waals surface area contributed by atoms with Gasteiger partial charge in [0.05, 0.1) is 24.1 Å². The molecule has 214 valence electrons. The molecule has 3 rings (SSSR count).